The maximum absolute atomic E-state index is 7.17. The third-order valence-corrected chi connectivity index (χ3v) is 0. The van der Waals surface area contributed by atoms with Gasteiger partial charge < -0.3 is 31.2 Å². The van der Waals surface area contributed by atoms with Crippen LogP contribution in [-0.4, -0.2) is 22.4 Å². The SMILES string of the molecule is OB(O)O.[C-]#N.[H-].[H-].[H-].[Na+]. The van der Waals surface area contributed by atoms with E-state index in [1.165, 1.54) is 0 Å². The van der Waals surface area contributed by atoms with Gasteiger partial charge in [-0.3, -0.25) is 0 Å². The van der Waals surface area contributed by atoms with Gasteiger partial charge in [-0.1, -0.05) is 0 Å². The third kappa shape index (κ3) is 669. The molecule has 4 nitrogen and oxygen atoms in total. The van der Waals surface area contributed by atoms with Gasteiger partial charge in [-0.15, -0.1) is 0 Å². The van der Waals surface area contributed by atoms with Gasteiger partial charge in [-0.2, -0.15) is 0 Å². The van der Waals surface area contributed by atoms with Crippen LogP contribution in [0, 0.1) is 11.8 Å². The first-order valence-electron chi connectivity index (χ1n) is 0.998. The van der Waals surface area contributed by atoms with Crippen molar-refractivity contribution in [2.45, 2.75) is 0 Å². The van der Waals surface area contributed by atoms with Crippen molar-refractivity contribution >= 4 is 7.32 Å². The van der Waals surface area contributed by atoms with Crippen LogP contribution in [-0.2, 0) is 0 Å². The number of hydrogen-bond acceptors (Lipinski definition) is 4. The summed E-state index contributed by atoms with van der Waals surface area (Å²) in [5, 5.41) is 27.8. The van der Waals surface area contributed by atoms with E-state index in [9.17, 15) is 0 Å². The molecule has 0 aromatic carbocycles. The van der Waals surface area contributed by atoms with Crippen LogP contribution in [0.25, 0.3) is 0 Å². The van der Waals surface area contributed by atoms with Crippen molar-refractivity contribution in [1.82, 2.24) is 0 Å². The van der Waals surface area contributed by atoms with Gasteiger partial charge in [0.2, 0.25) is 0 Å². The quantitative estimate of drug-likeness (QED) is 0.218. The van der Waals surface area contributed by atoms with Crippen LogP contribution < -0.4 is 29.6 Å². The van der Waals surface area contributed by atoms with Crippen LogP contribution >= 0.6 is 0 Å². The number of hydrogen-bond donors (Lipinski definition) is 3. The summed E-state index contributed by atoms with van der Waals surface area (Å²) in [5.41, 5.74) is 0. The Morgan fingerprint density at radius 2 is 1.29 bits per heavy atom. The zero-order valence-corrected chi connectivity index (χ0v) is 5.87. The molecular weight excluding hydrogens is 108 g/mol. The first-order chi connectivity index (χ1) is 2.73. The van der Waals surface area contributed by atoms with Gasteiger partial charge in [-0.25, -0.2) is 0 Å². The predicted molar refractivity (Wildman–Crippen MR) is 20.7 cm³/mol. The largest absolute Gasteiger partial charge is 1.00 e. The van der Waals surface area contributed by atoms with Crippen molar-refractivity contribution < 1.29 is 48.9 Å². The van der Waals surface area contributed by atoms with Crippen LogP contribution in [0.1, 0.15) is 4.28 Å². The molecule has 0 atom stereocenters. The van der Waals surface area contributed by atoms with Gasteiger partial charge in [0, 0.05) is 0 Å². The molecule has 0 saturated carbocycles. The molecule has 40 valence electrons. The topological polar surface area (TPSA) is 84.5 Å². The molecule has 0 radical (unpaired) electrons. The summed E-state index contributed by atoms with van der Waals surface area (Å²) in [5.74, 6) is 0. The molecule has 0 aliphatic rings. The maximum atomic E-state index is 7.17. The van der Waals surface area contributed by atoms with Gasteiger partial charge in [0.05, 0.1) is 0 Å². The van der Waals surface area contributed by atoms with Gasteiger partial charge in [0.15, 0.2) is 0 Å². The molecule has 0 rings (SSSR count). The summed E-state index contributed by atoms with van der Waals surface area (Å²) in [6, 6.07) is 0. The molecule has 0 unspecified atom stereocenters. The molecule has 0 amide bonds. The molecule has 3 N–H and O–H groups in total. The first kappa shape index (κ1) is 15.7. The molecule has 0 aromatic rings. The Morgan fingerprint density at radius 3 is 1.29 bits per heavy atom. The van der Waals surface area contributed by atoms with Crippen LogP contribution in [0.5, 0.6) is 0 Å². The van der Waals surface area contributed by atoms with E-state index >= 15 is 0 Å². The van der Waals surface area contributed by atoms with Crippen molar-refractivity contribution in [3.63, 3.8) is 0 Å². The first-order valence-corrected chi connectivity index (χ1v) is 0.998. The third-order valence-electron chi connectivity index (χ3n) is 0. The van der Waals surface area contributed by atoms with E-state index in [1.807, 2.05) is 0 Å². The molecule has 0 fully saturated rings. The predicted octanol–water partition coefficient (Wildman–Crippen LogP) is -4.61. The fourth-order valence-corrected chi connectivity index (χ4v) is 0. The summed E-state index contributed by atoms with van der Waals surface area (Å²) in [6.07, 6.45) is 0. The van der Waals surface area contributed by atoms with E-state index in [2.05, 4.69) is 0 Å². The number of nitrogens with zero attached hydrogens (tertiary/aromatic N) is 1. The van der Waals surface area contributed by atoms with E-state index in [0.717, 1.165) is 0 Å². The van der Waals surface area contributed by atoms with E-state index < -0.39 is 7.32 Å². The molecular formula is CH6BNNaO3-3. The summed E-state index contributed by atoms with van der Waals surface area (Å²) in [4.78, 5) is 0. The standard InChI is InChI=1S/CN.BH3O3.Na.3H/c1-2;2-1(3)4;;;;/h;2-4H;;;;/q-1;;+1;3*-1. The minimum absolute atomic E-state index is 0. The minimum atomic E-state index is -2.17. The summed E-state index contributed by atoms with van der Waals surface area (Å²) in [6.45, 7) is 4.75. The molecule has 0 aromatic heterocycles. The van der Waals surface area contributed by atoms with Gasteiger partial charge in [-0.05, 0) is 0 Å². The summed E-state index contributed by atoms with van der Waals surface area (Å²) in [7, 11) is -2.17. The second kappa shape index (κ2) is 16.1. The fraction of sp³-hybridized carbons (Fsp3) is 0. The second-order valence-electron chi connectivity index (χ2n) is 0.346. The Hall–Kier alpha value is 0.435. The average molecular weight is 114 g/mol. The Bertz CT molecular complexity index is 45.2. The second-order valence-corrected chi connectivity index (χ2v) is 0.346. The van der Waals surface area contributed by atoms with Crippen LogP contribution in [0.3, 0.4) is 0 Å². The fourth-order valence-electron chi connectivity index (χ4n) is 0. The monoisotopic (exact) mass is 114 g/mol. The van der Waals surface area contributed by atoms with Gasteiger partial charge in [0.25, 0.3) is 0 Å². The normalized spacial score (nSPS) is 4.14. The zero-order chi connectivity index (χ0) is 5.58. The zero-order valence-electron chi connectivity index (χ0n) is 6.87. The van der Waals surface area contributed by atoms with Crippen LogP contribution in [0.4, 0.5) is 0 Å². The van der Waals surface area contributed by atoms with Crippen LogP contribution in [0.2, 0.25) is 0 Å². The van der Waals surface area contributed by atoms with E-state index in [-0.39, 0.29) is 33.8 Å². The van der Waals surface area contributed by atoms with E-state index in [0.29, 0.717) is 0 Å². The van der Waals surface area contributed by atoms with E-state index in [4.69, 9.17) is 26.9 Å². The molecule has 0 spiro atoms. The Kier molecular flexibility index (Phi) is 36.0. The van der Waals surface area contributed by atoms with Crippen molar-refractivity contribution in [3.8, 4) is 0 Å². The molecule has 0 heterocycles. The molecule has 0 bridgehead atoms. The molecule has 0 aliphatic heterocycles. The maximum Gasteiger partial charge on any atom is 1.00 e. The smallest absolute Gasteiger partial charge is 1.00 e. The summed E-state index contributed by atoms with van der Waals surface area (Å²) >= 11 is 0. The molecule has 0 saturated heterocycles. The molecule has 0 aliphatic carbocycles. The van der Waals surface area contributed by atoms with Crippen molar-refractivity contribution in [3.05, 3.63) is 6.57 Å². The van der Waals surface area contributed by atoms with Crippen molar-refractivity contribution in [1.29, 1.82) is 5.26 Å². The van der Waals surface area contributed by atoms with Crippen molar-refractivity contribution in [2.24, 2.45) is 0 Å². The van der Waals surface area contributed by atoms with Gasteiger partial charge >= 0.3 is 36.9 Å². The molecule has 7 heavy (non-hydrogen) atoms. The van der Waals surface area contributed by atoms with Gasteiger partial charge in [0.1, 0.15) is 0 Å². The van der Waals surface area contributed by atoms with Crippen molar-refractivity contribution in [2.75, 3.05) is 0 Å². The minimum Gasteiger partial charge on any atom is -1.00 e. The Balaban J connectivity index is -0.00000000625. The van der Waals surface area contributed by atoms with Crippen LogP contribution in [0.15, 0.2) is 0 Å². The average Bonchev–Trinajstić information content (AvgIpc) is 1.41. The van der Waals surface area contributed by atoms with E-state index in [1.54, 1.807) is 0 Å². The Morgan fingerprint density at radius 1 is 1.29 bits per heavy atom. The number of rotatable bonds is 0. The summed E-state index contributed by atoms with van der Waals surface area (Å²) < 4.78 is 0. The Labute approximate surface area is 68.3 Å². The molecule has 6 heteroatoms.